The zero-order valence-corrected chi connectivity index (χ0v) is 11.8. The molecular formula is C15H15I. The monoisotopic (exact) mass is 322 g/mol. The Morgan fingerprint density at radius 1 is 0.938 bits per heavy atom. The van der Waals surface area contributed by atoms with Crippen molar-refractivity contribution in [2.75, 3.05) is 0 Å². The maximum atomic E-state index is 2.40. The average molecular weight is 322 g/mol. The second-order valence-corrected chi connectivity index (χ2v) is 5.41. The molecule has 2 aromatic rings. The topological polar surface area (TPSA) is 0 Å². The molecule has 0 spiro atoms. The van der Waals surface area contributed by atoms with Crippen molar-refractivity contribution in [1.82, 2.24) is 0 Å². The molecule has 0 aliphatic carbocycles. The Morgan fingerprint density at radius 3 is 2.38 bits per heavy atom. The van der Waals surface area contributed by atoms with Gasteiger partial charge in [-0.25, -0.2) is 0 Å². The molecule has 0 radical (unpaired) electrons. The van der Waals surface area contributed by atoms with Gasteiger partial charge < -0.3 is 0 Å². The third-order valence-corrected chi connectivity index (χ3v) is 3.89. The van der Waals surface area contributed by atoms with Gasteiger partial charge in [0.2, 0.25) is 0 Å². The van der Waals surface area contributed by atoms with Gasteiger partial charge >= 0.3 is 0 Å². The molecule has 16 heavy (non-hydrogen) atoms. The number of rotatable bonds is 2. The highest BCUT2D eigenvalue weighted by molar-refractivity contribution is 14.1. The predicted molar refractivity (Wildman–Crippen MR) is 77.9 cm³/mol. The predicted octanol–water partition coefficient (Wildman–Crippen LogP) is 4.50. The summed E-state index contributed by atoms with van der Waals surface area (Å²) in [5.41, 5.74) is 5.47. The molecular weight excluding hydrogens is 307 g/mol. The van der Waals surface area contributed by atoms with Crippen LogP contribution in [0, 0.1) is 17.4 Å². The van der Waals surface area contributed by atoms with Crippen molar-refractivity contribution in [1.29, 1.82) is 0 Å². The Balaban J connectivity index is 2.24. The van der Waals surface area contributed by atoms with Crippen LogP contribution in [0.25, 0.3) is 0 Å². The van der Waals surface area contributed by atoms with E-state index in [9.17, 15) is 0 Å². The molecule has 0 saturated heterocycles. The maximum Gasteiger partial charge on any atom is 0.0162 e. The highest BCUT2D eigenvalue weighted by Gasteiger charge is 1.99. The first-order chi connectivity index (χ1) is 7.65. The van der Waals surface area contributed by atoms with Crippen LogP contribution in [-0.2, 0) is 6.42 Å². The molecule has 0 atom stereocenters. The Kier molecular flexibility index (Phi) is 3.64. The second-order valence-electron chi connectivity index (χ2n) is 4.25. The van der Waals surface area contributed by atoms with E-state index in [1.807, 2.05) is 0 Å². The number of aryl methyl sites for hydroxylation is 2. The van der Waals surface area contributed by atoms with E-state index in [-0.39, 0.29) is 0 Å². The summed E-state index contributed by atoms with van der Waals surface area (Å²) in [6.07, 6.45) is 1.03. The van der Waals surface area contributed by atoms with Crippen LogP contribution >= 0.6 is 22.6 Å². The Morgan fingerprint density at radius 2 is 1.69 bits per heavy atom. The molecule has 0 saturated carbocycles. The summed E-state index contributed by atoms with van der Waals surface area (Å²) in [5, 5.41) is 0. The van der Waals surface area contributed by atoms with E-state index in [1.54, 1.807) is 0 Å². The number of hydrogen-bond donors (Lipinski definition) is 0. The summed E-state index contributed by atoms with van der Waals surface area (Å²) in [5.74, 6) is 0. The van der Waals surface area contributed by atoms with Crippen LogP contribution in [0.4, 0.5) is 0 Å². The molecule has 0 aromatic heterocycles. The molecule has 0 heterocycles. The van der Waals surface area contributed by atoms with E-state index in [1.165, 1.54) is 25.8 Å². The molecule has 0 bridgehead atoms. The van der Waals surface area contributed by atoms with Crippen LogP contribution in [0.2, 0.25) is 0 Å². The third kappa shape index (κ3) is 2.85. The SMILES string of the molecule is Cc1cccc(Cc2ccc(C)c(I)c2)c1. The largest absolute Gasteiger partial charge is 0.0617 e. The van der Waals surface area contributed by atoms with Gasteiger partial charge in [0.05, 0.1) is 0 Å². The highest BCUT2D eigenvalue weighted by Crippen LogP contribution is 2.17. The maximum absolute atomic E-state index is 2.40. The van der Waals surface area contributed by atoms with Crippen LogP contribution < -0.4 is 0 Å². The van der Waals surface area contributed by atoms with Crippen LogP contribution in [0.1, 0.15) is 22.3 Å². The van der Waals surface area contributed by atoms with Gasteiger partial charge in [-0.3, -0.25) is 0 Å². The van der Waals surface area contributed by atoms with E-state index in [4.69, 9.17) is 0 Å². The highest BCUT2D eigenvalue weighted by atomic mass is 127. The molecule has 0 amide bonds. The number of benzene rings is 2. The van der Waals surface area contributed by atoms with Gasteiger partial charge in [0.25, 0.3) is 0 Å². The Bertz CT molecular complexity index is 501. The normalized spacial score (nSPS) is 10.4. The summed E-state index contributed by atoms with van der Waals surface area (Å²) in [7, 11) is 0. The van der Waals surface area contributed by atoms with Crippen LogP contribution in [-0.4, -0.2) is 0 Å². The quantitative estimate of drug-likeness (QED) is 0.714. The van der Waals surface area contributed by atoms with Gasteiger partial charge in [-0.05, 0) is 65.6 Å². The summed E-state index contributed by atoms with van der Waals surface area (Å²) in [6, 6.07) is 15.4. The fraction of sp³-hybridized carbons (Fsp3) is 0.200. The molecule has 82 valence electrons. The summed E-state index contributed by atoms with van der Waals surface area (Å²) >= 11 is 2.40. The lowest BCUT2D eigenvalue weighted by Crippen LogP contribution is -1.90. The van der Waals surface area contributed by atoms with Gasteiger partial charge in [-0.2, -0.15) is 0 Å². The minimum atomic E-state index is 1.03. The zero-order valence-electron chi connectivity index (χ0n) is 9.63. The van der Waals surface area contributed by atoms with Crippen molar-refractivity contribution in [3.63, 3.8) is 0 Å². The molecule has 0 unspecified atom stereocenters. The molecule has 0 N–H and O–H groups in total. The van der Waals surface area contributed by atoms with Crippen molar-refractivity contribution < 1.29 is 0 Å². The second kappa shape index (κ2) is 5.00. The van der Waals surface area contributed by atoms with Crippen LogP contribution in [0.5, 0.6) is 0 Å². The number of halogens is 1. The lowest BCUT2D eigenvalue weighted by atomic mass is 10.0. The molecule has 2 rings (SSSR count). The van der Waals surface area contributed by atoms with Crippen molar-refractivity contribution in [3.05, 3.63) is 68.3 Å². The van der Waals surface area contributed by atoms with Crippen LogP contribution in [0.15, 0.2) is 42.5 Å². The van der Waals surface area contributed by atoms with Gasteiger partial charge in [-0.15, -0.1) is 0 Å². The first-order valence-corrected chi connectivity index (χ1v) is 6.53. The van der Waals surface area contributed by atoms with E-state index in [0.717, 1.165) is 6.42 Å². The summed E-state index contributed by atoms with van der Waals surface area (Å²) in [6.45, 7) is 4.29. The third-order valence-electron chi connectivity index (χ3n) is 2.73. The van der Waals surface area contributed by atoms with Crippen molar-refractivity contribution in [2.45, 2.75) is 20.3 Å². The average Bonchev–Trinajstić information content (AvgIpc) is 2.24. The summed E-state index contributed by atoms with van der Waals surface area (Å²) < 4.78 is 1.35. The molecule has 0 nitrogen and oxygen atoms in total. The molecule has 0 fully saturated rings. The van der Waals surface area contributed by atoms with Gasteiger partial charge in [-0.1, -0.05) is 42.0 Å². The van der Waals surface area contributed by atoms with Gasteiger partial charge in [0, 0.05) is 3.57 Å². The minimum Gasteiger partial charge on any atom is -0.0617 e. The van der Waals surface area contributed by atoms with Gasteiger partial charge in [0.15, 0.2) is 0 Å². The molecule has 0 aliphatic heterocycles. The molecule has 0 aliphatic rings. The fourth-order valence-electron chi connectivity index (χ4n) is 1.80. The van der Waals surface area contributed by atoms with E-state index in [0.29, 0.717) is 0 Å². The summed E-state index contributed by atoms with van der Waals surface area (Å²) in [4.78, 5) is 0. The van der Waals surface area contributed by atoms with Gasteiger partial charge in [0.1, 0.15) is 0 Å². The van der Waals surface area contributed by atoms with E-state index >= 15 is 0 Å². The number of hydrogen-bond acceptors (Lipinski definition) is 0. The first-order valence-electron chi connectivity index (χ1n) is 5.46. The first kappa shape index (κ1) is 11.6. The van der Waals surface area contributed by atoms with E-state index < -0.39 is 0 Å². The molecule has 2 aromatic carbocycles. The Hall–Kier alpha value is -0.830. The minimum absolute atomic E-state index is 1.03. The standard InChI is InChI=1S/C15H15I/c1-11-4-3-5-13(8-11)9-14-7-6-12(2)15(16)10-14/h3-8,10H,9H2,1-2H3. The molecule has 1 heteroatoms. The zero-order chi connectivity index (χ0) is 11.5. The lowest BCUT2D eigenvalue weighted by molar-refractivity contribution is 1.17. The Labute approximate surface area is 111 Å². The smallest absolute Gasteiger partial charge is 0.0162 e. The van der Waals surface area contributed by atoms with E-state index in [2.05, 4.69) is 78.9 Å². The van der Waals surface area contributed by atoms with Crippen LogP contribution in [0.3, 0.4) is 0 Å². The fourth-order valence-corrected chi connectivity index (χ4v) is 2.38. The van der Waals surface area contributed by atoms with Crippen molar-refractivity contribution in [3.8, 4) is 0 Å². The lowest BCUT2D eigenvalue weighted by Gasteiger charge is -2.05. The van der Waals surface area contributed by atoms with Crippen molar-refractivity contribution >= 4 is 22.6 Å². The van der Waals surface area contributed by atoms with Crippen molar-refractivity contribution in [2.24, 2.45) is 0 Å².